The Hall–Kier alpha value is -3.84. The predicted octanol–water partition coefficient (Wildman–Crippen LogP) is 5.05. The van der Waals surface area contributed by atoms with Crippen LogP contribution in [-0.2, 0) is 33.4 Å². The van der Waals surface area contributed by atoms with Crippen molar-refractivity contribution in [3.63, 3.8) is 0 Å². The van der Waals surface area contributed by atoms with Crippen molar-refractivity contribution in [2.75, 3.05) is 26.9 Å². The van der Waals surface area contributed by atoms with Gasteiger partial charge in [-0.25, -0.2) is 0 Å². The third-order valence-corrected chi connectivity index (χ3v) is 11.6. The molecule has 0 aliphatic carbocycles. The van der Waals surface area contributed by atoms with Crippen LogP contribution in [0.3, 0.4) is 0 Å². The summed E-state index contributed by atoms with van der Waals surface area (Å²) in [6.07, 6.45) is 4.08. The molecule has 3 aliphatic heterocycles. The number of esters is 1. The second-order valence-corrected chi connectivity index (χ2v) is 15.3. The van der Waals surface area contributed by atoms with E-state index in [4.69, 9.17) is 14.2 Å². The molecule has 2 N–H and O–H groups in total. The number of fused-ring (bicyclic) bond motifs is 1. The first-order valence-electron chi connectivity index (χ1n) is 18.4. The van der Waals surface area contributed by atoms with Gasteiger partial charge in [-0.05, 0) is 37.3 Å². The number of aliphatic hydroxyl groups is 1. The molecule has 3 saturated heterocycles. The number of ether oxygens (including phenoxy) is 3. The molecule has 3 amide bonds. The average Bonchev–Trinajstić information content (AvgIpc) is 3.76. The molecule has 11 nitrogen and oxygen atoms in total. The SMILES string of the molecule is C=CCCC(=O)N[C@H](COC)[C@H](OC(=O)[C@H]1[C@@H]2O[C@@]3(CC2Br)[C@@H]1C(=O)N([C@H](CO)c1ccccc1)[C@@H]3C(=O)N(CC=C)C(C)CCC)c1ccccc1. The molecule has 3 heterocycles. The lowest BCUT2D eigenvalue weighted by atomic mass is 9.70. The van der Waals surface area contributed by atoms with Crippen LogP contribution in [0.15, 0.2) is 86.0 Å². The predicted molar refractivity (Wildman–Crippen MR) is 204 cm³/mol. The van der Waals surface area contributed by atoms with E-state index in [-0.39, 0.29) is 48.7 Å². The Labute approximate surface area is 320 Å². The maximum absolute atomic E-state index is 15.0. The summed E-state index contributed by atoms with van der Waals surface area (Å²) in [4.78, 5) is 60.5. The van der Waals surface area contributed by atoms with Gasteiger partial charge in [-0.1, -0.05) is 102 Å². The lowest BCUT2D eigenvalue weighted by Crippen LogP contribution is -2.58. The zero-order valence-corrected chi connectivity index (χ0v) is 32.4. The van der Waals surface area contributed by atoms with Crippen LogP contribution in [0.4, 0.5) is 0 Å². The molecule has 3 aliphatic rings. The van der Waals surface area contributed by atoms with Gasteiger partial charge in [0.25, 0.3) is 0 Å². The Morgan fingerprint density at radius 3 is 2.36 bits per heavy atom. The topological polar surface area (TPSA) is 135 Å². The third kappa shape index (κ3) is 8.01. The molecule has 2 aromatic carbocycles. The number of allylic oxidation sites excluding steroid dienone is 1. The van der Waals surface area contributed by atoms with Crippen molar-refractivity contribution in [1.82, 2.24) is 15.1 Å². The minimum Gasteiger partial charge on any atom is -0.455 e. The number of carbonyl (C=O) groups excluding carboxylic acids is 4. The van der Waals surface area contributed by atoms with E-state index in [2.05, 4.69) is 34.4 Å². The maximum Gasteiger partial charge on any atom is 0.313 e. The minimum absolute atomic E-state index is 0.0410. The Morgan fingerprint density at radius 2 is 1.77 bits per heavy atom. The number of likely N-dealkylation sites (tertiary alicyclic amines) is 1. The van der Waals surface area contributed by atoms with Gasteiger partial charge in [-0.15, -0.1) is 13.2 Å². The first kappa shape index (κ1) is 40.3. The molecule has 0 saturated carbocycles. The van der Waals surface area contributed by atoms with Crippen LogP contribution >= 0.6 is 15.9 Å². The Morgan fingerprint density at radius 1 is 1.11 bits per heavy atom. The number of methoxy groups -OCH3 is 1. The summed E-state index contributed by atoms with van der Waals surface area (Å²) in [5.74, 6) is -3.90. The lowest BCUT2D eigenvalue weighted by molar-refractivity contribution is -0.163. The highest BCUT2D eigenvalue weighted by Crippen LogP contribution is 2.61. The highest BCUT2D eigenvalue weighted by Gasteiger charge is 2.78. The zero-order chi connectivity index (χ0) is 38.3. The van der Waals surface area contributed by atoms with Crippen LogP contribution < -0.4 is 5.32 Å². The highest BCUT2D eigenvalue weighted by atomic mass is 79.9. The first-order chi connectivity index (χ1) is 25.6. The molecule has 2 aromatic rings. The number of rotatable bonds is 19. The van der Waals surface area contributed by atoms with E-state index in [1.165, 1.54) is 12.0 Å². The van der Waals surface area contributed by atoms with Gasteiger partial charge in [0, 0.05) is 30.9 Å². The Balaban J connectivity index is 1.58. The number of nitrogens with zero attached hydrogens (tertiary/aromatic N) is 2. The molecular formula is C41H52BrN3O8. The lowest BCUT2D eigenvalue weighted by Gasteiger charge is -2.41. The molecule has 5 rings (SSSR count). The number of hydrogen-bond acceptors (Lipinski definition) is 8. The summed E-state index contributed by atoms with van der Waals surface area (Å²) in [7, 11) is 1.50. The smallest absolute Gasteiger partial charge is 0.313 e. The van der Waals surface area contributed by atoms with Gasteiger partial charge in [0.05, 0.1) is 43.2 Å². The summed E-state index contributed by atoms with van der Waals surface area (Å²) in [5, 5.41) is 13.9. The van der Waals surface area contributed by atoms with E-state index < -0.39 is 66.3 Å². The van der Waals surface area contributed by atoms with Crippen LogP contribution in [0.25, 0.3) is 0 Å². The van der Waals surface area contributed by atoms with Crippen LogP contribution in [0, 0.1) is 11.8 Å². The number of nitrogens with one attached hydrogen (secondary N) is 1. The van der Waals surface area contributed by atoms with Crippen molar-refractivity contribution in [3.8, 4) is 0 Å². The average molecular weight is 795 g/mol. The minimum atomic E-state index is -1.39. The van der Waals surface area contributed by atoms with E-state index in [1.54, 1.807) is 29.2 Å². The van der Waals surface area contributed by atoms with E-state index in [1.807, 2.05) is 62.4 Å². The summed E-state index contributed by atoms with van der Waals surface area (Å²) >= 11 is 3.76. The van der Waals surface area contributed by atoms with Crippen LogP contribution in [0.2, 0.25) is 0 Å². The highest BCUT2D eigenvalue weighted by molar-refractivity contribution is 9.09. The molecule has 286 valence electrons. The molecule has 2 unspecified atom stereocenters. The van der Waals surface area contributed by atoms with E-state index in [9.17, 15) is 14.7 Å². The molecule has 10 atom stereocenters. The molecule has 53 heavy (non-hydrogen) atoms. The molecule has 1 spiro atoms. The molecule has 3 fully saturated rings. The summed E-state index contributed by atoms with van der Waals surface area (Å²) < 4.78 is 18.7. The fourth-order valence-corrected chi connectivity index (χ4v) is 9.41. The third-order valence-electron chi connectivity index (χ3n) is 10.8. The van der Waals surface area contributed by atoms with Gasteiger partial charge in [0.15, 0.2) is 0 Å². The van der Waals surface area contributed by atoms with Crippen LogP contribution in [0.5, 0.6) is 0 Å². The molecule has 0 aromatic heterocycles. The number of aliphatic hydroxyl groups excluding tert-OH is 1. The summed E-state index contributed by atoms with van der Waals surface area (Å²) in [6.45, 7) is 11.5. The normalized spacial score (nSPS) is 26.6. The fourth-order valence-electron chi connectivity index (χ4n) is 8.46. The maximum atomic E-state index is 15.0. The number of carbonyl (C=O) groups is 4. The first-order valence-corrected chi connectivity index (χ1v) is 19.4. The van der Waals surface area contributed by atoms with Crippen molar-refractivity contribution in [1.29, 1.82) is 0 Å². The second-order valence-electron chi connectivity index (χ2n) is 14.2. The summed E-state index contributed by atoms with van der Waals surface area (Å²) in [5.41, 5.74) is -0.114. The number of benzene rings is 2. The standard InChI is InChI=1S/C41H52BrN3O8/c1-6-9-21-32(47)43-30(25-51-5)35(28-19-14-11-15-20-28)52-40(50)33-34-38(48)45(31(24-46)27-17-12-10-13-18-27)37(41(34)23-29(42)36(33)53-41)39(49)44(22-8-3)26(4)16-7-2/h6,8,10-15,17-20,26,29-31,33-37,46H,1,3,7,9,16,21-25H2,2,4-5H3,(H,43,47)/t26?,29?,30-,31-,33-,34+,35-,36-,37-,41+/m1/s1. The van der Waals surface area contributed by atoms with Gasteiger partial charge >= 0.3 is 5.97 Å². The zero-order valence-electron chi connectivity index (χ0n) is 30.8. The summed E-state index contributed by atoms with van der Waals surface area (Å²) in [6, 6.07) is 15.2. The molecular weight excluding hydrogens is 742 g/mol. The Bertz CT molecular complexity index is 1610. The molecule has 12 heteroatoms. The van der Waals surface area contributed by atoms with Gasteiger partial charge in [0.2, 0.25) is 17.7 Å². The van der Waals surface area contributed by atoms with Crippen molar-refractivity contribution in [3.05, 3.63) is 97.1 Å². The van der Waals surface area contributed by atoms with Crippen LogP contribution in [-0.4, -0.2) is 100 Å². The van der Waals surface area contributed by atoms with E-state index in [0.717, 1.165) is 12.8 Å². The number of amides is 3. The van der Waals surface area contributed by atoms with Gasteiger partial charge in [0.1, 0.15) is 17.7 Å². The second kappa shape index (κ2) is 18.0. The van der Waals surface area contributed by atoms with Gasteiger partial charge in [-0.3, -0.25) is 19.2 Å². The van der Waals surface area contributed by atoms with Crippen LogP contribution in [0.1, 0.15) is 69.2 Å². The van der Waals surface area contributed by atoms with Crippen molar-refractivity contribution in [2.24, 2.45) is 11.8 Å². The molecule has 0 radical (unpaired) electrons. The number of hydrogen-bond donors (Lipinski definition) is 2. The van der Waals surface area contributed by atoms with E-state index >= 15 is 9.59 Å². The fraction of sp³-hybridized carbons (Fsp3) is 0.512. The molecule has 2 bridgehead atoms. The van der Waals surface area contributed by atoms with Crippen molar-refractivity contribution < 1.29 is 38.5 Å². The monoisotopic (exact) mass is 793 g/mol. The number of halogens is 1. The van der Waals surface area contributed by atoms with Crippen molar-refractivity contribution in [2.45, 2.75) is 92.8 Å². The van der Waals surface area contributed by atoms with Crippen molar-refractivity contribution >= 4 is 39.6 Å². The van der Waals surface area contributed by atoms with Gasteiger partial charge in [-0.2, -0.15) is 0 Å². The Kier molecular flexibility index (Phi) is 13.7. The number of alkyl halides is 1. The van der Waals surface area contributed by atoms with E-state index in [0.29, 0.717) is 17.5 Å². The van der Waals surface area contributed by atoms with Gasteiger partial charge < -0.3 is 34.4 Å². The quantitative estimate of drug-likeness (QED) is 0.115. The largest absolute Gasteiger partial charge is 0.455 e.